The predicted octanol–water partition coefficient (Wildman–Crippen LogP) is 4.57. The zero-order valence-electron chi connectivity index (χ0n) is 15.9. The monoisotopic (exact) mass is 499 g/mol. The van der Waals surface area contributed by atoms with Gasteiger partial charge >= 0.3 is 0 Å². The maximum Gasteiger partial charge on any atom is 0.273 e. The van der Waals surface area contributed by atoms with Crippen molar-refractivity contribution in [3.8, 4) is 5.69 Å². The molecule has 0 saturated carbocycles. The van der Waals surface area contributed by atoms with Crippen LogP contribution in [0.5, 0.6) is 0 Å². The number of rotatable bonds is 7. The quantitative estimate of drug-likeness (QED) is 0.496. The van der Waals surface area contributed by atoms with Crippen molar-refractivity contribution in [1.82, 2.24) is 9.78 Å². The first-order chi connectivity index (χ1) is 14.6. The summed E-state index contributed by atoms with van der Waals surface area (Å²) in [6, 6.07) is 10.1. The Morgan fingerprint density at radius 1 is 1.10 bits per heavy atom. The van der Waals surface area contributed by atoms with Gasteiger partial charge in [-0.25, -0.2) is 13.1 Å². The standard InChI is InChI=1S/C20H16Cl3N3O4S/c1-2-12-3-5-14(6-4-12)31(29,30)8-7-18(27)24-17-11-19(28)26(25-17)20-15(22)9-13(21)10-16(20)23/h2-6,9-11,25H,1,7-8H2,(H,24,27). The average Bonchev–Trinajstić information content (AvgIpc) is 3.05. The number of benzene rings is 2. The molecule has 0 aliphatic rings. The largest absolute Gasteiger partial charge is 0.311 e. The molecule has 0 saturated heterocycles. The molecule has 0 atom stereocenters. The lowest BCUT2D eigenvalue weighted by molar-refractivity contribution is -0.115. The zero-order valence-corrected chi connectivity index (χ0v) is 18.9. The van der Waals surface area contributed by atoms with Crippen LogP contribution in [-0.4, -0.2) is 29.9 Å². The number of hydrogen-bond acceptors (Lipinski definition) is 4. The molecule has 0 aliphatic heterocycles. The van der Waals surface area contributed by atoms with Crippen molar-refractivity contribution >= 4 is 62.4 Å². The van der Waals surface area contributed by atoms with E-state index >= 15 is 0 Å². The SMILES string of the molecule is C=Cc1ccc(S(=O)(=O)CCC(=O)Nc2cc(=O)n(-c3c(Cl)cc(Cl)cc3Cl)[nH]2)cc1. The topological polar surface area (TPSA) is 101 Å². The van der Waals surface area contributed by atoms with Gasteiger partial charge in [-0.3, -0.25) is 14.7 Å². The number of H-pyrrole nitrogens is 1. The summed E-state index contributed by atoms with van der Waals surface area (Å²) >= 11 is 18.1. The van der Waals surface area contributed by atoms with E-state index in [0.29, 0.717) is 5.02 Å². The summed E-state index contributed by atoms with van der Waals surface area (Å²) in [5.41, 5.74) is 0.422. The summed E-state index contributed by atoms with van der Waals surface area (Å²) in [4.78, 5) is 24.6. The van der Waals surface area contributed by atoms with Gasteiger partial charge in [0.1, 0.15) is 11.5 Å². The fourth-order valence-corrected chi connectivity index (χ4v) is 4.97. The third-order valence-corrected chi connectivity index (χ3v) is 6.80. The van der Waals surface area contributed by atoms with Crippen LogP contribution in [0.1, 0.15) is 12.0 Å². The Morgan fingerprint density at radius 2 is 1.71 bits per heavy atom. The van der Waals surface area contributed by atoms with Crippen LogP contribution in [0, 0.1) is 0 Å². The molecule has 162 valence electrons. The lowest BCUT2D eigenvalue weighted by Crippen LogP contribution is -2.18. The Bertz CT molecular complexity index is 1290. The Morgan fingerprint density at radius 3 is 2.29 bits per heavy atom. The third-order valence-electron chi connectivity index (χ3n) is 4.27. The van der Waals surface area contributed by atoms with Gasteiger partial charge in [0.15, 0.2) is 9.84 Å². The molecule has 1 aromatic heterocycles. The van der Waals surface area contributed by atoms with Gasteiger partial charge in [-0.2, -0.15) is 0 Å². The molecule has 0 spiro atoms. The van der Waals surface area contributed by atoms with Crippen LogP contribution in [0.4, 0.5) is 5.82 Å². The zero-order chi connectivity index (χ0) is 22.8. The van der Waals surface area contributed by atoms with Gasteiger partial charge in [-0.15, -0.1) is 0 Å². The summed E-state index contributed by atoms with van der Waals surface area (Å²) in [6.45, 7) is 3.61. The van der Waals surface area contributed by atoms with E-state index in [1.807, 2.05) is 0 Å². The molecule has 1 heterocycles. The number of amides is 1. The number of aromatic amines is 1. The highest BCUT2D eigenvalue weighted by Gasteiger charge is 2.18. The number of hydrogen-bond donors (Lipinski definition) is 2. The summed E-state index contributed by atoms with van der Waals surface area (Å²) in [5.74, 6) is -0.927. The molecule has 1 amide bonds. The third kappa shape index (κ3) is 5.40. The Labute approximate surface area is 193 Å². The van der Waals surface area contributed by atoms with Crippen LogP contribution < -0.4 is 10.9 Å². The summed E-state index contributed by atoms with van der Waals surface area (Å²) < 4.78 is 25.9. The molecule has 0 fully saturated rings. The average molecular weight is 501 g/mol. The predicted molar refractivity (Wildman–Crippen MR) is 123 cm³/mol. The molecule has 7 nitrogen and oxygen atoms in total. The number of sulfone groups is 1. The van der Waals surface area contributed by atoms with E-state index in [9.17, 15) is 18.0 Å². The smallest absolute Gasteiger partial charge is 0.273 e. The molecular weight excluding hydrogens is 485 g/mol. The molecule has 31 heavy (non-hydrogen) atoms. The van der Waals surface area contributed by atoms with Gasteiger partial charge in [-0.05, 0) is 29.8 Å². The lowest BCUT2D eigenvalue weighted by atomic mass is 10.2. The van der Waals surface area contributed by atoms with E-state index in [-0.39, 0.29) is 32.9 Å². The maximum absolute atomic E-state index is 12.4. The molecule has 0 radical (unpaired) electrons. The van der Waals surface area contributed by atoms with Crippen LogP contribution in [0.3, 0.4) is 0 Å². The van der Waals surface area contributed by atoms with Crippen molar-refractivity contribution in [3.05, 3.63) is 80.0 Å². The van der Waals surface area contributed by atoms with Crippen LogP contribution in [0.25, 0.3) is 11.8 Å². The van der Waals surface area contributed by atoms with Gasteiger partial charge in [-0.1, -0.05) is 59.6 Å². The molecule has 11 heteroatoms. The number of aromatic nitrogens is 2. The van der Waals surface area contributed by atoms with Gasteiger partial charge < -0.3 is 5.32 Å². The van der Waals surface area contributed by atoms with Gasteiger partial charge in [0.25, 0.3) is 5.56 Å². The molecule has 3 rings (SSSR count). The molecule has 0 unspecified atom stereocenters. The summed E-state index contributed by atoms with van der Waals surface area (Å²) in [5, 5.41) is 5.70. The highest BCUT2D eigenvalue weighted by Crippen LogP contribution is 2.31. The van der Waals surface area contributed by atoms with Gasteiger partial charge in [0, 0.05) is 17.5 Å². The van der Waals surface area contributed by atoms with E-state index in [1.54, 1.807) is 18.2 Å². The van der Waals surface area contributed by atoms with Crippen molar-refractivity contribution in [1.29, 1.82) is 0 Å². The number of carbonyl (C=O) groups excluding carboxylic acids is 1. The number of nitrogens with one attached hydrogen (secondary N) is 2. The van der Waals surface area contributed by atoms with Crippen LogP contribution in [0.15, 0.2) is 58.7 Å². The van der Waals surface area contributed by atoms with Gasteiger partial charge in [0.05, 0.1) is 20.7 Å². The lowest BCUT2D eigenvalue weighted by Gasteiger charge is -2.08. The first-order valence-electron chi connectivity index (χ1n) is 8.83. The summed E-state index contributed by atoms with van der Waals surface area (Å²) in [7, 11) is -3.65. The van der Waals surface area contributed by atoms with E-state index in [2.05, 4.69) is 17.0 Å². The molecule has 3 aromatic rings. The van der Waals surface area contributed by atoms with Crippen molar-refractivity contribution in [2.45, 2.75) is 11.3 Å². The van der Waals surface area contributed by atoms with Crippen molar-refractivity contribution < 1.29 is 13.2 Å². The summed E-state index contributed by atoms with van der Waals surface area (Å²) in [6.07, 6.45) is 1.29. The number of nitrogens with zero attached hydrogens (tertiary/aromatic N) is 1. The number of halogens is 3. The maximum atomic E-state index is 12.4. The van der Waals surface area contributed by atoms with Gasteiger partial charge in [0.2, 0.25) is 5.91 Å². The Hall–Kier alpha value is -2.52. The fourth-order valence-electron chi connectivity index (χ4n) is 2.74. The fraction of sp³-hybridized carbons (Fsp3) is 0.100. The highest BCUT2D eigenvalue weighted by molar-refractivity contribution is 7.91. The van der Waals surface area contributed by atoms with Crippen LogP contribution in [-0.2, 0) is 14.6 Å². The molecule has 2 N–H and O–H groups in total. The van der Waals surface area contributed by atoms with E-state index in [4.69, 9.17) is 34.8 Å². The second-order valence-corrected chi connectivity index (χ2v) is 9.81. The van der Waals surface area contributed by atoms with E-state index in [1.165, 1.54) is 24.3 Å². The van der Waals surface area contributed by atoms with Crippen molar-refractivity contribution in [2.75, 3.05) is 11.1 Å². The molecule has 2 aromatic carbocycles. The number of anilines is 1. The van der Waals surface area contributed by atoms with Crippen LogP contribution in [0.2, 0.25) is 15.1 Å². The second-order valence-electron chi connectivity index (χ2n) is 6.45. The van der Waals surface area contributed by atoms with E-state index < -0.39 is 27.1 Å². The molecular formula is C20H16Cl3N3O4S. The first kappa shape index (κ1) is 23.1. The normalized spacial score (nSPS) is 11.3. The molecule has 0 aliphatic carbocycles. The second kappa shape index (κ2) is 9.32. The number of carbonyl (C=O) groups is 1. The molecule has 0 bridgehead atoms. The minimum Gasteiger partial charge on any atom is -0.311 e. The highest BCUT2D eigenvalue weighted by atomic mass is 35.5. The minimum atomic E-state index is -3.65. The minimum absolute atomic E-state index is 0.0600. The van der Waals surface area contributed by atoms with Crippen molar-refractivity contribution in [3.63, 3.8) is 0 Å². The Kier molecular flexibility index (Phi) is 6.96. The van der Waals surface area contributed by atoms with Crippen LogP contribution >= 0.6 is 34.8 Å². The van der Waals surface area contributed by atoms with E-state index in [0.717, 1.165) is 16.3 Å². The Balaban J connectivity index is 1.71. The van der Waals surface area contributed by atoms with Crippen molar-refractivity contribution in [2.24, 2.45) is 0 Å². The first-order valence-corrected chi connectivity index (χ1v) is 11.6.